The van der Waals surface area contributed by atoms with Gasteiger partial charge in [-0.15, -0.1) is 0 Å². The summed E-state index contributed by atoms with van der Waals surface area (Å²) in [5.74, 6) is 0.813. The van der Waals surface area contributed by atoms with Crippen LogP contribution in [0.3, 0.4) is 0 Å². The van der Waals surface area contributed by atoms with Crippen molar-refractivity contribution < 1.29 is 34.6 Å². The maximum Gasteiger partial charge on any atom is 0.124 e. The summed E-state index contributed by atoms with van der Waals surface area (Å²) in [6, 6.07) is 13.5. The van der Waals surface area contributed by atoms with Crippen LogP contribution < -0.4 is 4.74 Å². The molecule has 0 bridgehead atoms. The lowest BCUT2D eigenvalue weighted by molar-refractivity contribution is -0.231. The molecule has 0 aliphatic carbocycles. The first-order valence-corrected chi connectivity index (χ1v) is 11.2. The topological polar surface area (TPSA) is 109 Å². The maximum absolute atomic E-state index is 10.4. The molecule has 2 saturated heterocycles. The number of aliphatic hydroxyl groups excluding tert-OH is 4. The fraction of sp³-hybridized carbons (Fsp3) is 0.478. The van der Waals surface area contributed by atoms with Gasteiger partial charge in [0.15, 0.2) is 0 Å². The van der Waals surface area contributed by atoms with Gasteiger partial charge in [0.05, 0.1) is 19.8 Å². The molecule has 0 aromatic heterocycles. The SMILES string of the molecule is OC[C@H]1O[C@@H](c2ccc(Br)c(Cc3ccc(O[C@@H]4CCOC4)cc3)c2)[C@H](O)[C@@H](O)[C@@H]1O. The minimum atomic E-state index is -1.40. The number of hydrogen-bond donors (Lipinski definition) is 4. The second-order valence-corrected chi connectivity index (χ2v) is 8.88. The average Bonchev–Trinajstić information content (AvgIpc) is 3.28. The zero-order valence-corrected chi connectivity index (χ0v) is 18.5. The molecule has 2 aromatic rings. The Morgan fingerprint density at radius 1 is 1.00 bits per heavy atom. The van der Waals surface area contributed by atoms with Crippen LogP contribution in [-0.2, 0) is 15.9 Å². The summed E-state index contributed by atoms with van der Waals surface area (Å²) < 4.78 is 17.8. The summed E-state index contributed by atoms with van der Waals surface area (Å²) in [7, 11) is 0. The summed E-state index contributed by atoms with van der Waals surface area (Å²) in [5.41, 5.74) is 2.73. The van der Waals surface area contributed by atoms with Crippen LogP contribution in [0.2, 0.25) is 0 Å². The Morgan fingerprint density at radius 2 is 1.77 bits per heavy atom. The molecular formula is C23H27BrO7. The van der Waals surface area contributed by atoms with Crippen LogP contribution in [-0.4, -0.2) is 70.8 Å². The lowest BCUT2D eigenvalue weighted by atomic mass is 9.90. The summed E-state index contributed by atoms with van der Waals surface area (Å²) >= 11 is 3.58. The smallest absolute Gasteiger partial charge is 0.124 e. The number of rotatable bonds is 6. The third-order valence-electron chi connectivity index (χ3n) is 5.80. The first-order valence-electron chi connectivity index (χ1n) is 10.4. The van der Waals surface area contributed by atoms with Gasteiger partial charge in [0.2, 0.25) is 0 Å². The number of benzene rings is 2. The Hall–Kier alpha value is -1.52. The van der Waals surface area contributed by atoms with E-state index in [1.54, 1.807) is 6.07 Å². The van der Waals surface area contributed by atoms with Gasteiger partial charge in [-0.05, 0) is 41.3 Å². The highest BCUT2D eigenvalue weighted by Gasteiger charge is 2.44. The zero-order valence-electron chi connectivity index (χ0n) is 16.9. The first-order chi connectivity index (χ1) is 15.0. The molecule has 4 rings (SSSR count). The van der Waals surface area contributed by atoms with E-state index >= 15 is 0 Å². The van der Waals surface area contributed by atoms with E-state index in [0.717, 1.165) is 34.4 Å². The molecule has 0 saturated carbocycles. The molecule has 6 atom stereocenters. The Morgan fingerprint density at radius 3 is 2.45 bits per heavy atom. The van der Waals surface area contributed by atoms with E-state index < -0.39 is 37.1 Å². The van der Waals surface area contributed by atoms with E-state index in [9.17, 15) is 20.4 Å². The van der Waals surface area contributed by atoms with E-state index in [2.05, 4.69) is 15.9 Å². The number of halogens is 1. The molecule has 31 heavy (non-hydrogen) atoms. The van der Waals surface area contributed by atoms with Gasteiger partial charge in [-0.3, -0.25) is 0 Å². The van der Waals surface area contributed by atoms with Gasteiger partial charge in [0, 0.05) is 10.9 Å². The summed E-state index contributed by atoms with van der Waals surface area (Å²) in [4.78, 5) is 0. The van der Waals surface area contributed by atoms with E-state index in [0.29, 0.717) is 18.6 Å². The van der Waals surface area contributed by atoms with Gasteiger partial charge < -0.3 is 34.6 Å². The fourth-order valence-corrected chi connectivity index (χ4v) is 4.38. The maximum atomic E-state index is 10.4. The van der Waals surface area contributed by atoms with Gasteiger partial charge in [0.25, 0.3) is 0 Å². The molecule has 7 nitrogen and oxygen atoms in total. The highest BCUT2D eigenvalue weighted by Crippen LogP contribution is 2.34. The van der Waals surface area contributed by atoms with E-state index in [1.165, 1.54) is 0 Å². The molecule has 2 fully saturated rings. The van der Waals surface area contributed by atoms with Crippen LogP contribution in [0.25, 0.3) is 0 Å². The van der Waals surface area contributed by atoms with Crippen molar-refractivity contribution in [2.75, 3.05) is 19.8 Å². The Kier molecular flexibility index (Phi) is 7.28. The van der Waals surface area contributed by atoms with Crippen molar-refractivity contribution in [2.45, 2.75) is 49.5 Å². The fourth-order valence-electron chi connectivity index (χ4n) is 3.99. The lowest BCUT2D eigenvalue weighted by Crippen LogP contribution is -2.55. The molecule has 8 heteroatoms. The van der Waals surface area contributed by atoms with Crippen molar-refractivity contribution in [3.05, 3.63) is 63.6 Å². The van der Waals surface area contributed by atoms with Crippen LogP contribution in [0.5, 0.6) is 5.75 Å². The van der Waals surface area contributed by atoms with Crippen molar-refractivity contribution >= 4 is 15.9 Å². The van der Waals surface area contributed by atoms with Crippen LogP contribution in [0.1, 0.15) is 29.2 Å². The van der Waals surface area contributed by atoms with Crippen molar-refractivity contribution in [1.29, 1.82) is 0 Å². The Balaban J connectivity index is 1.49. The third-order valence-corrected chi connectivity index (χ3v) is 6.57. The highest BCUT2D eigenvalue weighted by molar-refractivity contribution is 9.10. The molecular weight excluding hydrogens is 468 g/mol. The Bertz CT molecular complexity index is 867. The lowest BCUT2D eigenvalue weighted by Gasteiger charge is -2.40. The minimum Gasteiger partial charge on any atom is -0.488 e. The second-order valence-electron chi connectivity index (χ2n) is 8.02. The van der Waals surface area contributed by atoms with Crippen LogP contribution in [0.4, 0.5) is 0 Å². The molecule has 2 heterocycles. The standard InChI is InChI=1S/C23H27BrO7/c24-18-6-3-14(23-22(28)21(27)20(26)19(11-25)31-23)10-15(18)9-13-1-4-16(5-2-13)30-17-7-8-29-12-17/h1-6,10,17,19-23,25-28H,7-9,11-12H2/t17-,19-,20-,21+,22-,23+/m1/s1. The van der Waals surface area contributed by atoms with Crippen LogP contribution >= 0.6 is 15.9 Å². The molecule has 0 unspecified atom stereocenters. The molecule has 0 radical (unpaired) electrons. The zero-order chi connectivity index (χ0) is 22.0. The van der Waals surface area contributed by atoms with Crippen molar-refractivity contribution in [1.82, 2.24) is 0 Å². The number of ether oxygens (including phenoxy) is 3. The van der Waals surface area contributed by atoms with Crippen LogP contribution in [0.15, 0.2) is 46.9 Å². The number of aliphatic hydroxyl groups is 4. The molecule has 0 amide bonds. The molecule has 2 aliphatic rings. The normalized spacial score (nSPS) is 31.0. The van der Waals surface area contributed by atoms with E-state index in [4.69, 9.17) is 14.2 Å². The average molecular weight is 495 g/mol. The monoisotopic (exact) mass is 494 g/mol. The van der Waals surface area contributed by atoms with Crippen molar-refractivity contribution in [3.63, 3.8) is 0 Å². The Labute approximate surface area is 189 Å². The molecule has 2 aliphatic heterocycles. The molecule has 168 valence electrons. The van der Waals surface area contributed by atoms with Crippen LogP contribution in [0, 0.1) is 0 Å². The van der Waals surface area contributed by atoms with E-state index in [-0.39, 0.29) is 6.10 Å². The van der Waals surface area contributed by atoms with Gasteiger partial charge in [-0.25, -0.2) is 0 Å². The molecule has 4 N–H and O–H groups in total. The summed E-state index contributed by atoms with van der Waals surface area (Å²) in [6.45, 7) is 0.910. The summed E-state index contributed by atoms with van der Waals surface area (Å²) in [6.07, 6.45) is -4.22. The predicted octanol–water partition coefficient (Wildman–Crippen LogP) is 1.72. The molecule has 2 aromatic carbocycles. The van der Waals surface area contributed by atoms with E-state index in [1.807, 2.05) is 36.4 Å². The second kappa shape index (κ2) is 9.95. The third kappa shape index (κ3) is 5.12. The first kappa shape index (κ1) is 22.7. The highest BCUT2D eigenvalue weighted by atomic mass is 79.9. The number of hydrogen-bond acceptors (Lipinski definition) is 7. The molecule has 0 spiro atoms. The minimum absolute atomic E-state index is 0.107. The summed E-state index contributed by atoms with van der Waals surface area (Å²) in [5, 5.41) is 40.0. The predicted molar refractivity (Wildman–Crippen MR) is 116 cm³/mol. The van der Waals surface area contributed by atoms with Gasteiger partial charge in [-0.2, -0.15) is 0 Å². The van der Waals surface area contributed by atoms with Gasteiger partial charge >= 0.3 is 0 Å². The largest absolute Gasteiger partial charge is 0.488 e. The van der Waals surface area contributed by atoms with Gasteiger partial charge in [0.1, 0.15) is 42.4 Å². The quantitative estimate of drug-likeness (QED) is 0.484. The van der Waals surface area contributed by atoms with Crippen molar-refractivity contribution in [3.8, 4) is 5.75 Å². The van der Waals surface area contributed by atoms with Crippen molar-refractivity contribution in [2.24, 2.45) is 0 Å². The van der Waals surface area contributed by atoms with Gasteiger partial charge in [-0.1, -0.05) is 40.2 Å².